The molecule has 0 aliphatic heterocycles. The Balaban J connectivity index is 2.20. The quantitative estimate of drug-likeness (QED) is 0.843. The first-order chi connectivity index (χ1) is 8.43. The van der Waals surface area contributed by atoms with Crippen molar-refractivity contribution in [1.82, 2.24) is 9.78 Å². The van der Waals surface area contributed by atoms with Gasteiger partial charge in [0.05, 0.1) is 11.6 Å². The smallest absolute Gasteiger partial charge is 0.357 e. The molecular formula is C11H12F2N2O3. The Labute approximate surface area is 101 Å². The number of halogens is 2. The first kappa shape index (κ1) is 12.7. The molecule has 5 nitrogen and oxygen atoms in total. The van der Waals surface area contributed by atoms with Crippen molar-refractivity contribution < 1.29 is 23.5 Å². The molecule has 0 saturated heterocycles. The maximum Gasteiger partial charge on any atom is 0.357 e. The Bertz CT molecular complexity index is 475. The van der Waals surface area contributed by atoms with E-state index in [0.717, 1.165) is 0 Å². The van der Waals surface area contributed by atoms with Gasteiger partial charge in [0.1, 0.15) is 0 Å². The highest BCUT2D eigenvalue weighted by Gasteiger charge is 2.36. The van der Waals surface area contributed by atoms with Gasteiger partial charge in [-0.1, -0.05) is 0 Å². The van der Waals surface area contributed by atoms with E-state index in [1.165, 1.54) is 10.9 Å². The van der Waals surface area contributed by atoms with E-state index >= 15 is 0 Å². The van der Waals surface area contributed by atoms with Gasteiger partial charge in [0.25, 0.3) is 0 Å². The summed E-state index contributed by atoms with van der Waals surface area (Å²) in [6.45, 7) is 0. The minimum Gasteiger partial charge on any atom is -0.476 e. The monoisotopic (exact) mass is 258 g/mol. The largest absolute Gasteiger partial charge is 0.476 e. The molecule has 1 aromatic rings. The van der Waals surface area contributed by atoms with Crippen LogP contribution in [0.2, 0.25) is 0 Å². The van der Waals surface area contributed by atoms with Gasteiger partial charge in [-0.15, -0.1) is 0 Å². The molecule has 0 bridgehead atoms. The molecule has 18 heavy (non-hydrogen) atoms. The van der Waals surface area contributed by atoms with Crippen LogP contribution in [-0.4, -0.2) is 33.1 Å². The highest BCUT2D eigenvalue weighted by Crippen LogP contribution is 2.38. The van der Waals surface area contributed by atoms with Crippen molar-refractivity contribution >= 4 is 12.3 Å². The predicted octanol–water partition coefficient (Wildman–Crippen LogP) is 2.14. The van der Waals surface area contributed by atoms with Gasteiger partial charge in [-0.05, 0) is 12.8 Å². The second-order valence-corrected chi connectivity index (χ2v) is 4.42. The van der Waals surface area contributed by atoms with Crippen molar-refractivity contribution in [3.8, 4) is 0 Å². The van der Waals surface area contributed by atoms with E-state index in [1.807, 2.05) is 0 Å². The SMILES string of the molecule is O=Cc1cn(C2CCC(F)(F)CC2)nc1C(=O)O. The summed E-state index contributed by atoms with van der Waals surface area (Å²) >= 11 is 0. The fourth-order valence-corrected chi connectivity index (χ4v) is 2.13. The van der Waals surface area contributed by atoms with E-state index in [-0.39, 0.29) is 43.0 Å². The zero-order valence-corrected chi connectivity index (χ0v) is 9.47. The van der Waals surface area contributed by atoms with Crippen molar-refractivity contribution in [3.63, 3.8) is 0 Å². The number of aldehydes is 1. The van der Waals surface area contributed by atoms with Crippen molar-refractivity contribution in [3.05, 3.63) is 17.5 Å². The van der Waals surface area contributed by atoms with Crippen LogP contribution in [0.4, 0.5) is 8.78 Å². The van der Waals surface area contributed by atoms with Gasteiger partial charge in [-0.3, -0.25) is 9.48 Å². The minimum absolute atomic E-state index is 0.0279. The number of alkyl halides is 2. The molecule has 0 atom stereocenters. The van der Waals surface area contributed by atoms with Crippen LogP contribution in [-0.2, 0) is 0 Å². The Kier molecular flexibility index (Phi) is 3.14. The molecule has 1 heterocycles. The average Bonchev–Trinajstić information content (AvgIpc) is 2.73. The van der Waals surface area contributed by atoms with Crippen LogP contribution >= 0.6 is 0 Å². The van der Waals surface area contributed by atoms with Crippen LogP contribution in [0.25, 0.3) is 0 Å². The molecule has 1 aliphatic rings. The molecule has 0 unspecified atom stereocenters. The lowest BCUT2D eigenvalue weighted by Gasteiger charge is -2.28. The fourth-order valence-electron chi connectivity index (χ4n) is 2.13. The van der Waals surface area contributed by atoms with Crippen LogP contribution in [0.1, 0.15) is 52.6 Å². The molecule has 2 rings (SSSR count). The van der Waals surface area contributed by atoms with E-state index < -0.39 is 11.9 Å². The summed E-state index contributed by atoms with van der Waals surface area (Å²) in [4.78, 5) is 21.5. The Morgan fingerprint density at radius 1 is 1.50 bits per heavy atom. The summed E-state index contributed by atoms with van der Waals surface area (Å²) < 4.78 is 27.3. The highest BCUT2D eigenvalue weighted by molar-refractivity contribution is 5.95. The molecule has 1 saturated carbocycles. The summed E-state index contributed by atoms with van der Waals surface area (Å²) in [5.41, 5.74) is -0.359. The number of rotatable bonds is 3. The fraction of sp³-hybridized carbons (Fsp3) is 0.545. The van der Waals surface area contributed by atoms with Gasteiger partial charge >= 0.3 is 5.97 Å². The Morgan fingerprint density at radius 3 is 2.56 bits per heavy atom. The predicted molar refractivity (Wildman–Crippen MR) is 57.0 cm³/mol. The lowest BCUT2D eigenvalue weighted by atomic mass is 9.92. The molecule has 7 heteroatoms. The molecular weight excluding hydrogens is 246 g/mol. The number of carbonyl (C=O) groups excluding carboxylic acids is 1. The van der Waals surface area contributed by atoms with Crippen LogP contribution in [0.15, 0.2) is 6.20 Å². The second-order valence-electron chi connectivity index (χ2n) is 4.42. The number of hydrogen-bond donors (Lipinski definition) is 1. The second kappa shape index (κ2) is 4.47. The number of nitrogens with zero attached hydrogens (tertiary/aromatic N) is 2. The number of carboxylic acids is 1. The standard InChI is InChI=1S/C11H12F2N2O3/c12-11(13)3-1-8(2-4-11)15-5-7(6-16)9(14-15)10(17)18/h5-6,8H,1-4H2,(H,17,18). The van der Waals surface area contributed by atoms with Crippen molar-refractivity contribution in [2.45, 2.75) is 37.6 Å². The van der Waals surface area contributed by atoms with Gasteiger partial charge in [-0.2, -0.15) is 5.10 Å². The maximum atomic E-state index is 13.0. The van der Waals surface area contributed by atoms with Gasteiger partial charge in [0.2, 0.25) is 5.92 Å². The lowest BCUT2D eigenvalue weighted by molar-refractivity contribution is -0.0450. The summed E-state index contributed by atoms with van der Waals surface area (Å²) in [5, 5.41) is 12.6. The average molecular weight is 258 g/mol. The zero-order chi connectivity index (χ0) is 13.3. The van der Waals surface area contributed by atoms with E-state index in [4.69, 9.17) is 5.11 Å². The summed E-state index contributed by atoms with van der Waals surface area (Å²) in [6.07, 6.45) is 1.69. The molecule has 0 radical (unpaired) electrons. The van der Waals surface area contributed by atoms with Gasteiger partial charge < -0.3 is 5.11 Å². The third-order valence-corrected chi connectivity index (χ3v) is 3.15. The van der Waals surface area contributed by atoms with Crippen LogP contribution in [0, 0.1) is 0 Å². The molecule has 1 N–H and O–H groups in total. The Hall–Kier alpha value is -1.79. The molecule has 98 valence electrons. The molecule has 0 amide bonds. The maximum absolute atomic E-state index is 13.0. The number of carbonyl (C=O) groups is 2. The third kappa shape index (κ3) is 2.39. The number of aromatic carboxylic acids is 1. The summed E-state index contributed by atoms with van der Waals surface area (Å²) in [5.74, 6) is -3.94. The van der Waals surface area contributed by atoms with Gasteiger partial charge in [0.15, 0.2) is 12.0 Å². The lowest BCUT2D eigenvalue weighted by Crippen LogP contribution is -2.26. The molecule has 1 aromatic heterocycles. The van der Waals surface area contributed by atoms with Crippen LogP contribution in [0.5, 0.6) is 0 Å². The minimum atomic E-state index is -2.65. The first-order valence-corrected chi connectivity index (χ1v) is 5.58. The number of carboxylic acid groups (broad SMARTS) is 1. The van der Waals surface area contributed by atoms with E-state index in [9.17, 15) is 18.4 Å². The molecule has 0 aromatic carbocycles. The number of aromatic nitrogens is 2. The molecule has 0 spiro atoms. The zero-order valence-electron chi connectivity index (χ0n) is 9.47. The van der Waals surface area contributed by atoms with E-state index in [2.05, 4.69) is 5.10 Å². The van der Waals surface area contributed by atoms with E-state index in [1.54, 1.807) is 0 Å². The van der Waals surface area contributed by atoms with Gasteiger partial charge in [-0.25, -0.2) is 13.6 Å². The normalized spacial score (nSPS) is 19.7. The van der Waals surface area contributed by atoms with Crippen LogP contribution in [0.3, 0.4) is 0 Å². The molecule has 1 aliphatic carbocycles. The van der Waals surface area contributed by atoms with Gasteiger partial charge in [0, 0.05) is 19.0 Å². The number of hydrogen-bond acceptors (Lipinski definition) is 3. The topological polar surface area (TPSA) is 72.2 Å². The molecule has 1 fully saturated rings. The first-order valence-electron chi connectivity index (χ1n) is 5.58. The third-order valence-electron chi connectivity index (χ3n) is 3.15. The summed E-state index contributed by atoms with van der Waals surface area (Å²) in [7, 11) is 0. The summed E-state index contributed by atoms with van der Waals surface area (Å²) in [6, 6.07) is -0.267. The van der Waals surface area contributed by atoms with Crippen molar-refractivity contribution in [2.75, 3.05) is 0 Å². The van der Waals surface area contributed by atoms with E-state index in [0.29, 0.717) is 6.29 Å². The van der Waals surface area contributed by atoms with Crippen molar-refractivity contribution in [2.24, 2.45) is 0 Å². The highest BCUT2D eigenvalue weighted by atomic mass is 19.3. The van der Waals surface area contributed by atoms with Crippen LogP contribution < -0.4 is 0 Å². The van der Waals surface area contributed by atoms with Crippen molar-refractivity contribution in [1.29, 1.82) is 0 Å². The Morgan fingerprint density at radius 2 is 2.11 bits per heavy atom.